The van der Waals surface area contributed by atoms with E-state index in [1.807, 2.05) is 41.3 Å². The number of ether oxygens (including phenoxy) is 1. The second-order valence-electron chi connectivity index (χ2n) is 9.25. The maximum Gasteiger partial charge on any atom is 0.256 e. The van der Waals surface area contributed by atoms with Gasteiger partial charge < -0.3 is 20.7 Å². The van der Waals surface area contributed by atoms with Crippen molar-refractivity contribution in [3.63, 3.8) is 0 Å². The number of primary amides is 1. The van der Waals surface area contributed by atoms with Crippen molar-refractivity contribution in [1.82, 2.24) is 9.88 Å². The number of pyridine rings is 1. The quantitative estimate of drug-likeness (QED) is 0.502. The highest BCUT2D eigenvalue weighted by molar-refractivity contribution is 6.09. The fraction of sp³-hybridized carbons (Fsp3) is 0.321. The van der Waals surface area contributed by atoms with Gasteiger partial charge in [0.1, 0.15) is 11.6 Å². The van der Waals surface area contributed by atoms with E-state index in [1.54, 1.807) is 19.4 Å². The molecule has 0 spiro atoms. The summed E-state index contributed by atoms with van der Waals surface area (Å²) in [6.07, 6.45) is 1.67. The molecule has 4 rings (SSSR count). The van der Waals surface area contributed by atoms with Crippen LogP contribution in [-0.2, 0) is 4.79 Å². The Bertz CT molecular complexity index is 1200. The highest BCUT2D eigenvalue weighted by atomic mass is 16.5. The van der Waals surface area contributed by atoms with Crippen molar-refractivity contribution in [1.29, 1.82) is 0 Å². The number of carbonyl (C=O) groups is 2. The molecule has 36 heavy (non-hydrogen) atoms. The van der Waals surface area contributed by atoms with E-state index in [9.17, 15) is 9.59 Å². The molecule has 8 heteroatoms. The minimum Gasteiger partial charge on any atom is -0.496 e. The summed E-state index contributed by atoms with van der Waals surface area (Å²) in [6, 6.07) is 17.5. The summed E-state index contributed by atoms with van der Waals surface area (Å²) >= 11 is 0. The van der Waals surface area contributed by atoms with Gasteiger partial charge in [0.2, 0.25) is 5.91 Å². The third kappa shape index (κ3) is 5.83. The van der Waals surface area contributed by atoms with Crippen molar-refractivity contribution in [3.05, 3.63) is 71.9 Å². The topological polar surface area (TPSA) is 101 Å². The number of rotatable bonds is 8. The van der Waals surface area contributed by atoms with E-state index in [0.29, 0.717) is 22.9 Å². The molecule has 1 aliphatic rings. The van der Waals surface area contributed by atoms with Gasteiger partial charge in [0, 0.05) is 31.7 Å². The maximum absolute atomic E-state index is 13.3. The molecule has 3 N–H and O–H groups in total. The summed E-state index contributed by atoms with van der Waals surface area (Å²) in [7, 11) is 1.61. The summed E-state index contributed by atoms with van der Waals surface area (Å²) in [6.45, 7) is 7.60. The largest absolute Gasteiger partial charge is 0.496 e. The SMILES string of the molecule is COc1cccc(C(=O)Nc2ccc(N3CCN(CC(N)=O)CC3)nc2)c1-c1ccc(C(C)C)cc1. The highest BCUT2D eigenvalue weighted by Gasteiger charge is 2.20. The Morgan fingerprint density at radius 2 is 1.75 bits per heavy atom. The number of amides is 2. The fourth-order valence-corrected chi connectivity index (χ4v) is 4.42. The number of nitrogens with one attached hydrogen (secondary N) is 1. The van der Waals surface area contributed by atoms with E-state index in [2.05, 4.69) is 41.2 Å². The standard InChI is InChI=1S/C28H33N5O3/c1-19(2)20-7-9-21(10-8-20)27-23(5-4-6-24(27)36-3)28(35)31-22-11-12-26(30-17-22)33-15-13-32(14-16-33)18-25(29)34/h4-12,17,19H,13-16,18H2,1-3H3,(H2,29,34)(H,31,35). The van der Waals surface area contributed by atoms with Gasteiger partial charge in [-0.25, -0.2) is 4.98 Å². The van der Waals surface area contributed by atoms with Crippen LogP contribution in [0, 0.1) is 0 Å². The van der Waals surface area contributed by atoms with Crippen LogP contribution in [0.2, 0.25) is 0 Å². The van der Waals surface area contributed by atoms with Crippen LogP contribution in [0.5, 0.6) is 5.75 Å². The molecule has 1 fully saturated rings. The average Bonchev–Trinajstić information content (AvgIpc) is 2.89. The second kappa shape index (κ2) is 11.2. The predicted molar refractivity (Wildman–Crippen MR) is 143 cm³/mol. The molecule has 1 saturated heterocycles. The van der Waals surface area contributed by atoms with Crippen molar-refractivity contribution in [2.45, 2.75) is 19.8 Å². The summed E-state index contributed by atoms with van der Waals surface area (Å²) in [5.41, 5.74) is 9.35. The minimum atomic E-state index is -0.312. The van der Waals surface area contributed by atoms with Gasteiger partial charge in [0.15, 0.2) is 0 Å². The van der Waals surface area contributed by atoms with Crippen molar-refractivity contribution < 1.29 is 14.3 Å². The van der Waals surface area contributed by atoms with Crippen LogP contribution >= 0.6 is 0 Å². The van der Waals surface area contributed by atoms with E-state index in [0.717, 1.165) is 43.1 Å². The molecule has 8 nitrogen and oxygen atoms in total. The number of nitrogens with two attached hydrogens (primary N) is 1. The van der Waals surface area contributed by atoms with E-state index in [4.69, 9.17) is 10.5 Å². The molecule has 188 valence electrons. The van der Waals surface area contributed by atoms with E-state index in [-0.39, 0.29) is 18.4 Å². The zero-order chi connectivity index (χ0) is 25.7. The molecular weight excluding hydrogens is 454 g/mol. The van der Waals surface area contributed by atoms with Gasteiger partial charge >= 0.3 is 0 Å². The monoisotopic (exact) mass is 487 g/mol. The molecular formula is C28H33N5O3. The minimum absolute atomic E-state index is 0.230. The van der Waals surface area contributed by atoms with Crippen LogP contribution < -0.4 is 20.7 Å². The summed E-state index contributed by atoms with van der Waals surface area (Å²) in [5, 5.41) is 2.97. The van der Waals surface area contributed by atoms with Crippen LogP contribution in [0.15, 0.2) is 60.8 Å². The predicted octanol–water partition coefficient (Wildman–Crippen LogP) is 3.74. The molecule has 1 aliphatic heterocycles. The molecule has 2 aromatic carbocycles. The van der Waals surface area contributed by atoms with Crippen LogP contribution in [-0.4, -0.2) is 61.5 Å². The lowest BCUT2D eigenvalue weighted by Gasteiger charge is -2.34. The molecule has 0 bridgehead atoms. The summed E-state index contributed by atoms with van der Waals surface area (Å²) in [5.74, 6) is 1.36. The fourth-order valence-electron chi connectivity index (χ4n) is 4.42. The summed E-state index contributed by atoms with van der Waals surface area (Å²) < 4.78 is 5.60. The molecule has 0 atom stereocenters. The van der Waals surface area contributed by atoms with Crippen molar-refractivity contribution in [2.24, 2.45) is 5.73 Å². The zero-order valence-electron chi connectivity index (χ0n) is 21.0. The lowest BCUT2D eigenvalue weighted by molar-refractivity contribution is -0.119. The van der Waals surface area contributed by atoms with Gasteiger partial charge in [-0.3, -0.25) is 14.5 Å². The Balaban J connectivity index is 1.48. The van der Waals surface area contributed by atoms with Gasteiger partial charge in [-0.2, -0.15) is 0 Å². The van der Waals surface area contributed by atoms with Gasteiger partial charge in [-0.1, -0.05) is 44.2 Å². The van der Waals surface area contributed by atoms with Crippen molar-refractivity contribution >= 4 is 23.3 Å². The molecule has 0 radical (unpaired) electrons. The first-order valence-electron chi connectivity index (χ1n) is 12.2. The van der Waals surface area contributed by atoms with Crippen LogP contribution in [0.4, 0.5) is 11.5 Å². The Labute approximate surface area is 212 Å². The number of carbonyl (C=O) groups excluding carboxylic acids is 2. The lowest BCUT2D eigenvalue weighted by atomic mass is 9.95. The number of piperazine rings is 1. The van der Waals surface area contributed by atoms with Crippen molar-refractivity contribution in [2.75, 3.05) is 50.1 Å². The Hall–Kier alpha value is -3.91. The molecule has 0 saturated carbocycles. The first-order valence-corrected chi connectivity index (χ1v) is 12.2. The first kappa shape index (κ1) is 25.2. The molecule has 1 aromatic heterocycles. The van der Waals surface area contributed by atoms with E-state index < -0.39 is 0 Å². The molecule has 2 heterocycles. The smallest absolute Gasteiger partial charge is 0.256 e. The highest BCUT2D eigenvalue weighted by Crippen LogP contribution is 2.34. The van der Waals surface area contributed by atoms with Gasteiger partial charge in [0.25, 0.3) is 5.91 Å². The number of nitrogens with zero attached hydrogens (tertiary/aromatic N) is 3. The van der Waals surface area contributed by atoms with Gasteiger partial charge in [-0.05, 0) is 41.3 Å². The van der Waals surface area contributed by atoms with E-state index in [1.165, 1.54) is 5.56 Å². The Morgan fingerprint density at radius 1 is 1.03 bits per heavy atom. The van der Waals surface area contributed by atoms with Crippen LogP contribution in [0.1, 0.15) is 35.7 Å². The normalized spacial score (nSPS) is 14.1. The second-order valence-corrected chi connectivity index (χ2v) is 9.25. The number of anilines is 2. The molecule has 2 amide bonds. The number of hydrogen-bond acceptors (Lipinski definition) is 6. The Morgan fingerprint density at radius 3 is 2.33 bits per heavy atom. The zero-order valence-corrected chi connectivity index (χ0v) is 21.0. The Kier molecular flexibility index (Phi) is 7.85. The molecule has 3 aromatic rings. The lowest BCUT2D eigenvalue weighted by Crippen LogP contribution is -2.49. The van der Waals surface area contributed by atoms with Gasteiger partial charge in [0.05, 0.1) is 31.1 Å². The summed E-state index contributed by atoms with van der Waals surface area (Å²) in [4.78, 5) is 33.2. The van der Waals surface area contributed by atoms with Gasteiger partial charge in [-0.15, -0.1) is 0 Å². The third-order valence-electron chi connectivity index (χ3n) is 6.44. The van der Waals surface area contributed by atoms with Crippen LogP contribution in [0.25, 0.3) is 11.1 Å². The molecule has 0 aliphatic carbocycles. The average molecular weight is 488 g/mol. The maximum atomic E-state index is 13.3. The number of aromatic nitrogens is 1. The first-order chi connectivity index (χ1) is 17.4. The number of benzene rings is 2. The third-order valence-corrected chi connectivity index (χ3v) is 6.44. The molecule has 0 unspecified atom stereocenters. The van der Waals surface area contributed by atoms with E-state index >= 15 is 0 Å². The van der Waals surface area contributed by atoms with Crippen LogP contribution in [0.3, 0.4) is 0 Å². The number of methoxy groups -OCH3 is 1. The van der Waals surface area contributed by atoms with Crippen molar-refractivity contribution in [3.8, 4) is 16.9 Å². The number of hydrogen-bond donors (Lipinski definition) is 2.